The van der Waals surface area contributed by atoms with Crippen LogP contribution in [-0.2, 0) is 0 Å². The summed E-state index contributed by atoms with van der Waals surface area (Å²) in [5, 5.41) is 2.13. The van der Waals surface area contributed by atoms with Gasteiger partial charge in [0, 0.05) is 19.3 Å². The molecule has 3 heterocycles. The van der Waals surface area contributed by atoms with Crippen LogP contribution >= 0.6 is 22.9 Å². The standard InChI is InChI=1S/C12H13ClN2S/c13-9-4-5-14-10-8-11(16-12(9)10)15-6-2-1-3-7-15/h4-5,8H,1-3,6-7H2. The van der Waals surface area contributed by atoms with Crippen molar-refractivity contribution in [3.63, 3.8) is 0 Å². The number of thiophene rings is 1. The van der Waals surface area contributed by atoms with Crippen LogP contribution in [0.3, 0.4) is 0 Å². The Bertz CT molecular complexity index is 503. The molecule has 0 radical (unpaired) electrons. The molecule has 1 fully saturated rings. The fraction of sp³-hybridized carbons (Fsp3) is 0.417. The van der Waals surface area contributed by atoms with Gasteiger partial charge in [0.25, 0.3) is 0 Å². The number of anilines is 1. The zero-order chi connectivity index (χ0) is 11.0. The average molecular weight is 253 g/mol. The highest BCUT2D eigenvalue weighted by atomic mass is 35.5. The molecule has 1 aliphatic rings. The number of rotatable bonds is 1. The summed E-state index contributed by atoms with van der Waals surface area (Å²) in [4.78, 5) is 6.81. The number of hydrogen-bond acceptors (Lipinski definition) is 3. The molecule has 0 spiro atoms. The Balaban J connectivity index is 2.01. The maximum Gasteiger partial charge on any atom is 0.0937 e. The average Bonchev–Trinajstić information content (AvgIpc) is 2.76. The van der Waals surface area contributed by atoms with Crippen LogP contribution in [-0.4, -0.2) is 18.1 Å². The SMILES string of the molecule is Clc1ccnc2cc(N3CCCCC3)sc12. The van der Waals surface area contributed by atoms with Crippen molar-refractivity contribution in [3.8, 4) is 0 Å². The topological polar surface area (TPSA) is 16.1 Å². The Morgan fingerprint density at radius 1 is 1.25 bits per heavy atom. The third-order valence-corrected chi connectivity index (χ3v) is 4.66. The lowest BCUT2D eigenvalue weighted by Crippen LogP contribution is -2.28. The van der Waals surface area contributed by atoms with Crippen LogP contribution in [0.4, 0.5) is 5.00 Å². The van der Waals surface area contributed by atoms with Gasteiger partial charge in [0.2, 0.25) is 0 Å². The molecule has 0 aromatic carbocycles. The lowest BCUT2D eigenvalue weighted by atomic mass is 10.1. The van der Waals surface area contributed by atoms with Crippen molar-refractivity contribution in [2.24, 2.45) is 0 Å². The van der Waals surface area contributed by atoms with Gasteiger partial charge >= 0.3 is 0 Å². The third kappa shape index (κ3) is 1.78. The van der Waals surface area contributed by atoms with Gasteiger partial charge in [-0.25, -0.2) is 0 Å². The maximum absolute atomic E-state index is 6.16. The van der Waals surface area contributed by atoms with E-state index >= 15 is 0 Å². The minimum Gasteiger partial charge on any atom is -0.363 e. The zero-order valence-corrected chi connectivity index (χ0v) is 10.5. The van der Waals surface area contributed by atoms with E-state index < -0.39 is 0 Å². The quantitative estimate of drug-likeness (QED) is 0.764. The summed E-state index contributed by atoms with van der Waals surface area (Å²) < 4.78 is 1.12. The van der Waals surface area contributed by atoms with Gasteiger partial charge in [-0.05, 0) is 31.4 Å². The molecule has 0 N–H and O–H groups in total. The Kier molecular flexibility index (Phi) is 2.74. The molecule has 2 aromatic rings. The van der Waals surface area contributed by atoms with Gasteiger partial charge in [0.1, 0.15) is 0 Å². The highest BCUT2D eigenvalue weighted by Crippen LogP contribution is 2.36. The molecule has 0 saturated carbocycles. The maximum atomic E-state index is 6.16. The molecule has 16 heavy (non-hydrogen) atoms. The van der Waals surface area contributed by atoms with E-state index in [1.165, 1.54) is 37.4 Å². The molecule has 0 aliphatic carbocycles. The zero-order valence-electron chi connectivity index (χ0n) is 8.95. The van der Waals surface area contributed by atoms with E-state index in [-0.39, 0.29) is 0 Å². The number of nitrogens with zero attached hydrogens (tertiary/aromatic N) is 2. The van der Waals surface area contributed by atoms with Gasteiger partial charge in [-0.3, -0.25) is 4.98 Å². The molecule has 0 unspecified atom stereocenters. The molecule has 1 aliphatic heterocycles. The van der Waals surface area contributed by atoms with Gasteiger partial charge in [0.15, 0.2) is 0 Å². The second-order valence-corrected chi connectivity index (χ2v) is 5.58. The first kappa shape index (κ1) is 10.4. The van der Waals surface area contributed by atoms with Crippen LogP contribution in [0, 0.1) is 0 Å². The van der Waals surface area contributed by atoms with Crippen LogP contribution in [0.25, 0.3) is 10.2 Å². The second-order valence-electron chi connectivity index (χ2n) is 4.14. The first-order valence-electron chi connectivity index (χ1n) is 5.63. The number of halogens is 1. The summed E-state index contributed by atoms with van der Waals surface area (Å²) in [5.41, 5.74) is 1.03. The van der Waals surface area contributed by atoms with Crippen molar-refractivity contribution >= 4 is 38.2 Å². The van der Waals surface area contributed by atoms with Crippen molar-refractivity contribution in [1.29, 1.82) is 0 Å². The summed E-state index contributed by atoms with van der Waals surface area (Å²) in [6.07, 6.45) is 5.74. The fourth-order valence-corrected chi connectivity index (χ4v) is 3.51. The van der Waals surface area contributed by atoms with Gasteiger partial charge < -0.3 is 4.90 Å². The van der Waals surface area contributed by atoms with E-state index in [0.717, 1.165) is 15.2 Å². The molecule has 1 saturated heterocycles. The highest BCUT2D eigenvalue weighted by Gasteiger charge is 2.14. The number of piperidine rings is 1. The molecule has 0 bridgehead atoms. The smallest absolute Gasteiger partial charge is 0.0937 e. The number of pyridine rings is 1. The summed E-state index contributed by atoms with van der Waals surface area (Å²) in [7, 11) is 0. The summed E-state index contributed by atoms with van der Waals surface area (Å²) in [6.45, 7) is 2.34. The Labute approximate surface area is 104 Å². The molecule has 84 valence electrons. The fourth-order valence-electron chi connectivity index (χ4n) is 2.16. The Morgan fingerprint density at radius 2 is 2.06 bits per heavy atom. The van der Waals surface area contributed by atoms with Gasteiger partial charge in [-0.1, -0.05) is 11.6 Å². The van der Waals surface area contributed by atoms with E-state index in [4.69, 9.17) is 11.6 Å². The largest absolute Gasteiger partial charge is 0.363 e. The van der Waals surface area contributed by atoms with E-state index in [1.54, 1.807) is 17.5 Å². The molecule has 2 nitrogen and oxygen atoms in total. The Hall–Kier alpha value is -0.800. The first-order chi connectivity index (χ1) is 7.84. The van der Waals surface area contributed by atoms with Crippen LogP contribution in [0.2, 0.25) is 5.02 Å². The van der Waals surface area contributed by atoms with Crippen molar-refractivity contribution in [1.82, 2.24) is 4.98 Å². The number of aromatic nitrogens is 1. The lowest BCUT2D eigenvalue weighted by Gasteiger charge is -2.26. The van der Waals surface area contributed by atoms with Crippen LogP contribution in [0.5, 0.6) is 0 Å². The molecular formula is C12H13ClN2S. The molecular weight excluding hydrogens is 240 g/mol. The summed E-state index contributed by atoms with van der Waals surface area (Å²) in [6, 6.07) is 4.03. The van der Waals surface area contributed by atoms with Crippen LogP contribution in [0.1, 0.15) is 19.3 Å². The molecule has 0 amide bonds. The predicted octanol–water partition coefficient (Wildman–Crippen LogP) is 3.94. The van der Waals surface area contributed by atoms with Crippen LogP contribution < -0.4 is 4.90 Å². The summed E-state index contributed by atoms with van der Waals surface area (Å²) in [5.74, 6) is 0. The first-order valence-corrected chi connectivity index (χ1v) is 6.83. The number of fused-ring (bicyclic) bond motifs is 1. The second kappa shape index (κ2) is 4.22. The number of hydrogen-bond donors (Lipinski definition) is 0. The molecule has 2 aromatic heterocycles. The minimum atomic E-state index is 0.818. The van der Waals surface area contributed by atoms with E-state index in [0.29, 0.717) is 0 Å². The van der Waals surface area contributed by atoms with Gasteiger partial charge in [0.05, 0.1) is 20.2 Å². The predicted molar refractivity (Wildman–Crippen MR) is 70.7 cm³/mol. The van der Waals surface area contributed by atoms with Crippen LogP contribution in [0.15, 0.2) is 18.3 Å². The summed E-state index contributed by atoms with van der Waals surface area (Å²) >= 11 is 7.92. The van der Waals surface area contributed by atoms with E-state index in [9.17, 15) is 0 Å². The normalized spacial score (nSPS) is 16.9. The Morgan fingerprint density at radius 3 is 2.81 bits per heavy atom. The molecule has 4 heteroatoms. The van der Waals surface area contributed by atoms with E-state index in [2.05, 4.69) is 16.0 Å². The third-order valence-electron chi connectivity index (χ3n) is 3.02. The lowest BCUT2D eigenvalue weighted by molar-refractivity contribution is 0.580. The van der Waals surface area contributed by atoms with E-state index in [1.807, 2.05) is 6.07 Å². The molecule has 0 atom stereocenters. The van der Waals surface area contributed by atoms with Gasteiger partial charge in [-0.2, -0.15) is 0 Å². The molecule has 3 rings (SSSR count). The van der Waals surface area contributed by atoms with Crippen molar-refractivity contribution in [2.45, 2.75) is 19.3 Å². The minimum absolute atomic E-state index is 0.818. The monoisotopic (exact) mass is 252 g/mol. The van der Waals surface area contributed by atoms with Gasteiger partial charge in [-0.15, -0.1) is 11.3 Å². The van der Waals surface area contributed by atoms with Crippen molar-refractivity contribution in [2.75, 3.05) is 18.0 Å². The van der Waals surface area contributed by atoms with Crippen molar-refractivity contribution < 1.29 is 0 Å². The highest BCUT2D eigenvalue weighted by molar-refractivity contribution is 7.23. The van der Waals surface area contributed by atoms with Crippen molar-refractivity contribution in [3.05, 3.63) is 23.4 Å².